The van der Waals surface area contributed by atoms with E-state index in [0.717, 1.165) is 25.1 Å². The number of esters is 1. The van der Waals surface area contributed by atoms with Crippen LogP contribution < -0.4 is 4.90 Å². The molecule has 3 aliphatic heterocycles. The number of fused-ring (bicyclic) bond motifs is 4. The maximum absolute atomic E-state index is 13.9. The van der Waals surface area contributed by atoms with Crippen LogP contribution in [0.3, 0.4) is 0 Å². The van der Waals surface area contributed by atoms with E-state index in [2.05, 4.69) is 4.90 Å². The zero-order valence-corrected chi connectivity index (χ0v) is 13.9. The zero-order valence-electron chi connectivity index (χ0n) is 13.9. The fourth-order valence-corrected chi connectivity index (χ4v) is 4.85. The Hall–Kier alpha value is -1.95. The Balaban J connectivity index is 1.84. The molecule has 0 radical (unpaired) electrons. The molecule has 128 valence electrons. The summed E-state index contributed by atoms with van der Waals surface area (Å²) in [5.41, 5.74) is 0.496. The van der Waals surface area contributed by atoms with Crippen LogP contribution >= 0.6 is 0 Å². The Labute approximate surface area is 140 Å². The van der Waals surface area contributed by atoms with Gasteiger partial charge in [0.1, 0.15) is 11.4 Å². The van der Waals surface area contributed by atoms with E-state index >= 15 is 0 Å². The van der Waals surface area contributed by atoms with Gasteiger partial charge in [0, 0.05) is 24.3 Å². The minimum absolute atomic E-state index is 0.00406. The molecule has 6 heteroatoms. The van der Waals surface area contributed by atoms with Gasteiger partial charge in [-0.25, -0.2) is 4.39 Å². The Morgan fingerprint density at radius 1 is 1.46 bits per heavy atom. The first-order valence-corrected chi connectivity index (χ1v) is 8.52. The molecule has 3 atom stereocenters. The molecular weight excluding hydrogens is 311 g/mol. The molecule has 1 aromatic rings. The smallest absolute Gasteiger partial charge is 0.310 e. The lowest BCUT2D eigenvalue weighted by Gasteiger charge is -2.33. The molecular formula is C18H21FN2O3. The molecule has 0 N–H and O–H groups in total. The number of halogens is 1. The average molecular weight is 332 g/mol. The number of amides is 1. The molecule has 3 heterocycles. The predicted octanol–water partition coefficient (Wildman–Crippen LogP) is 2.04. The van der Waals surface area contributed by atoms with E-state index in [4.69, 9.17) is 4.74 Å². The molecule has 0 aromatic heterocycles. The Morgan fingerprint density at radius 2 is 2.25 bits per heavy atom. The van der Waals surface area contributed by atoms with Gasteiger partial charge < -0.3 is 9.64 Å². The second-order valence-electron chi connectivity index (χ2n) is 6.85. The molecule has 1 aromatic carbocycles. The molecule has 1 spiro atoms. The molecule has 3 aliphatic rings. The van der Waals surface area contributed by atoms with Crippen LogP contribution in [0.1, 0.15) is 31.7 Å². The number of nitrogens with zero attached hydrogens (tertiary/aromatic N) is 2. The maximum Gasteiger partial charge on any atom is 0.310 e. The minimum Gasteiger partial charge on any atom is -0.466 e. The third kappa shape index (κ3) is 1.83. The van der Waals surface area contributed by atoms with E-state index in [-0.39, 0.29) is 29.7 Å². The molecule has 0 aliphatic carbocycles. The van der Waals surface area contributed by atoms with Gasteiger partial charge in [-0.1, -0.05) is 0 Å². The van der Waals surface area contributed by atoms with Crippen molar-refractivity contribution >= 4 is 17.6 Å². The standard InChI is InChI=1S/C18H21FN2O3/c1-3-24-16(22)12-10-18(21-8-4-5-14(12)21)13-9-11(19)6-7-15(13)20(2)17(18)23/h6-7,9,12,14H,3-5,8,10H2,1-2H3/t12-,14-,18-/m1/s1. The van der Waals surface area contributed by atoms with E-state index in [1.807, 2.05) is 0 Å². The highest BCUT2D eigenvalue weighted by atomic mass is 19.1. The van der Waals surface area contributed by atoms with E-state index in [1.165, 1.54) is 12.1 Å². The zero-order chi connectivity index (χ0) is 17.1. The van der Waals surface area contributed by atoms with Gasteiger partial charge >= 0.3 is 5.97 Å². The summed E-state index contributed by atoms with van der Waals surface area (Å²) >= 11 is 0. The summed E-state index contributed by atoms with van der Waals surface area (Å²) in [7, 11) is 1.72. The van der Waals surface area contributed by atoms with Crippen LogP contribution in [0.5, 0.6) is 0 Å². The normalized spacial score (nSPS) is 31.6. The third-order valence-electron chi connectivity index (χ3n) is 5.78. The number of rotatable bonds is 2. The number of carbonyl (C=O) groups is 2. The van der Waals surface area contributed by atoms with E-state index < -0.39 is 5.54 Å². The maximum atomic E-state index is 13.9. The van der Waals surface area contributed by atoms with Crippen molar-refractivity contribution in [3.8, 4) is 0 Å². The van der Waals surface area contributed by atoms with Gasteiger partial charge in [0.15, 0.2) is 0 Å². The Bertz CT molecular complexity index is 722. The number of hydrogen-bond acceptors (Lipinski definition) is 4. The van der Waals surface area contributed by atoms with Crippen molar-refractivity contribution in [3.63, 3.8) is 0 Å². The van der Waals surface area contributed by atoms with Gasteiger partial charge in [-0.05, 0) is 50.9 Å². The molecule has 24 heavy (non-hydrogen) atoms. The summed E-state index contributed by atoms with van der Waals surface area (Å²) in [5.74, 6) is -1.00. The second kappa shape index (κ2) is 5.28. The Morgan fingerprint density at radius 3 is 3.00 bits per heavy atom. The number of hydrogen-bond donors (Lipinski definition) is 0. The second-order valence-corrected chi connectivity index (χ2v) is 6.85. The molecule has 2 saturated heterocycles. The summed E-state index contributed by atoms with van der Waals surface area (Å²) < 4.78 is 19.2. The lowest BCUT2D eigenvalue weighted by Crippen LogP contribution is -2.49. The lowest BCUT2D eigenvalue weighted by molar-refractivity contribution is -0.148. The molecule has 0 bridgehead atoms. The van der Waals surface area contributed by atoms with Crippen LogP contribution in [0.2, 0.25) is 0 Å². The topological polar surface area (TPSA) is 49.9 Å². The monoisotopic (exact) mass is 332 g/mol. The van der Waals surface area contributed by atoms with Crippen LogP contribution in [0.25, 0.3) is 0 Å². The van der Waals surface area contributed by atoms with Crippen molar-refractivity contribution in [2.45, 2.75) is 37.8 Å². The SMILES string of the molecule is CCOC(=O)[C@@H]1C[C@@]2(C(=O)N(C)c3ccc(F)cc32)N2CCC[C@H]12. The Kier molecular flexibility index (Phi) is 3.42. The van der Waals surface area contributed by atoms with Crippen LogP contribution in [0.4, 0.5) is 10.1 Å². The van der Waals surface area contributed by atoms with E-state index in [0.29, 0.717) is 18.6 Å². The molecule has 1 amide bonds. The van der Waals surface area contributed by atoms with Gasteiger partial charge in [0.25, 0.3) is 5.91 Å². The summed E-state index contributed by atoms with van der Waals surface area (Å²) in [6.07, 6.45) is 2.17. The van der Waals surface area contributed by atoms with Crippen molar-refractivity contribution < 1.29 is 18.7 Å². The van der Waals surface area contributed by atoms with Crippen LogP contribution in [0.15, 0.2) is 18.2 Å². The largest absolute Gasteiger partial charge is 0.466 e. The van der Waals surface area contributed by atoms with Gasteiger partial charge in [-0.15, -0.1) is 0 Å². The van der Waals surface area contributed by atoms with Crippen LogP contribution in [-0.2, 0) is 19.9 Å². The lowest BCUT2D eigenvalue weighted by atomic mass is 9.84. The number of carbonyl (C=O) groups excluding carboxylic acids is 2. The summed E-state index contributed by atoms with van der Waals surface area (Å²) in [6, 6.07) is 4.48. The van der Waals surface area contributed by atoms with Crippen molar-refractivity contribution in [1.82, 2.24) is 4.90 Å². The van der Waals surface area contributed by atoms with Gasteiger partial charge in [-0.2, -0.15) is 0 Å². The van der Waals surface area contributed by atoms with Crippen molar-refractivity contribution in [1.29, 1.82) is 0 Å². The first-order valence-electron chi connectivity index (χ1n) is 8.52. The number of benzene rings is 1. The minimum atomic E-state index is -0.926. The third-order valence-corrected chi connectivity index (χ3v) is 5.78. The van der Waals surface area contributed by atoms with Crippen molar-refractivity contribution in [2.24, 2.45) is 5.92 Å². The molecule has 0 unspecified atom stereocenters. The first-order chi connectivity index (χ1) is 11.5. The first kappa shape index (κ1) is 15.6. The summed E-state index contributed by atoms with van der Waals surface area (Å²) in [5, 5.41) is 0. The summed E-state index contributed by atoms with van der Waals surface area (Å²) in [4.78, 5) is 29.3. The van der Waals surface area contributed by atoms with E-state index in [9.17, 15) is 14.0 Å². The average Bonchev–Trinajstić information content (AvgIpc) is 3.19. The fourth-order valence-electron chi connectivity index (χ4n) is 4.85. The van der Waals surface area contributed by atoms with Crippen LogP contribution in [-0.4, -0.2) is 43.0 Å². The number of anilines is 1. The highest BCUT2D eigenvalue weighted by Crippen LogP contribution is 2.55. The van der Waals surface area contributed by atoms with Gasteiger partial charge in [0.2, 0.25) is 0 Å². The fraction of sp³-hybridized carbons (Fsp3) is 0.556. The molecule has 4 rings (SSSR count). The molecule has 0 saturated carbocycles. The van der Waals surface area contributed by atoms with Crippen LogP contribution in [0, 0.1) is 11.7 Å². The quantitative estimate of drug-likeness (QED) is 0.778. The van der Waals surface area contributed by atoms with Crippen molar-refractivity contribution in [3.05, 3.63) is 29.6 Å². The molecule has 2 fully saturated rings. The number of likely N-dealkylation sites (N-methyl/N-ethyl adjacent to an activating group) is 1. The van der Waals surface area contributed by atoms with E-state index in [1.54, 1.807) is 24.9 Å². The molecule has 5 nitrogen and oxygen atoms in total. The highest BCUT2D eigenvalue weighted by molar-refractivity contribution is 6.08. The number of ether oxygens (including phenoxy) is 1. The predicted molar refractivity (Wildman–Crippen MR) is 86.0 cm³/mol. The van der Waals surface area contributed by atoms with Gasteiger partial charge in [0.05, 0.1) is 12.5 Å². The van der Waals surface area contributed by atoms with Gasteiger partial charge in [-0.3, -0.25) is 14.5 Å². The van der Waals surface area contributed by atoms with Crippen molar-refractivity contribution in [2.75, 3.05) is 25.1 Å². The summed E-state index contributed by atoms with van der Waals surface area (Å²) in [6.45, 7) is 2.86. The highest BCUT2D eigenvalue weighted by Gasteiger charge is 2.64.